The van der Waals surface area contributed by atoms with E-state index in [0.29, 0.717) is 6.61 Å². The fourth-order valence-corrected chi connectivity index (χ4v) is 1.14. The van der Waals surface area contributed by atoms with E-state index in [2.05, 4.69) is 23.7 Å². The second-order valence-corrected chi connectivity index (χ2v) is 2.37. The van der Waals surface area contributed by atoms with E-state index in [-0.39, 0.29) is 0 Å². The van der Waals surface area contributed by atoms with Gasteiger partial charge in [-0.05, 0) is 17.6 Å². The summed E-state index contributed by atoms with van der Waals surface area (Å²) in [4.78, 5) is 5.01. The van der Waals surface area contributed by atoms with Gasteiger partial charge in [0.25, 0.3) is 0 Å². The minimum Gasteiger partial charge on any atom is -0.273 e. The predicted molar refractivity (Wildman–Crippen MR) is 39.0 cm³/mol. The van der Waals surface area contributed by atoms with Crippen molar-refractivity contribution in [2.75, 3.05) is 6.61 Å². The highest BCUT2D eigenvalue weighted by Gasteiger charge is 2.08. The van der Waals surface area contributed by atoms with Crippen LogP contribution in [0.3, 0.4) is 0 Å². The molecule has 10 heavy (non-hydrogen) atoms. The lowest BCUT2D eigenvalue weighted by atomic mass is 10.0. The molecule has 0 aromatic rings. The first-order chi connectivity index (χ1) is 4.97. The lowest BCUT2D eigenvalue weighted by Crippen LogP contribution is -2.17. The average molecular weight is 135 g/mol. The molecule has 2 aliphatic rings. The van der Waals surface area contributed by atoms with Gasteiger partial charge in [-0.15, -0.1) is 0 Å². The summed E-state index contributed by atoms with van der Waals surface area (Å²) in [5, 5.41) is 0. The molecule has 0 spiro atoms. The number of fused-ring (bicyclic) bond motifs is 1. The first kappa shape index (κ1) is 5.74. The molecule has 0 bridgehead atoms. The summed E-state index contributed by atoms with van der Waals surface area (Å²) in [7, 11) is 0. The quantitative estimate of drug-likeness (QED) is 0.540. The Labute approximate surface area is 59.8 Å². The first-order valence-electron chi connectivity index (χ1n) is 3.40. The summed E-state index contributed by atoms with van der Waals surface area (Å²) < 4.78 is 0. The van der Waals surface area contributed by atoms with E-state index < -0.39 is 0 Å². The van der Waals surface area contributed by atoms with Crippen LogP contribution in [-0.2, 0) is 4.84 Å². The van der Waals surface area contributed by atoms with Crippen LogP contribution in [0, 0.1) is 0 Å². The largest absolute Gasteiger partial charge is 0.273 e. The second kappa shape index (κ2) is 2.31. The Morgan fingerprint density at radius 1 is 1.50 bits per heavy atom. The zero-order valence-corrected chi connectivity index (χ0v) is 5.63. The van der Waals surface area contributed by atoms with Crippen LogP contribution in [0.25, 0.3) is 0 Å². The van der Waals surface area contributed by atoms with Crippen molar-refractivity contribution in [2.45, 2.75) is 6.42 Å². The lowest BCUT2D eigenvalue weighted by molar-refractivity contribution is 0.0834. The van der Waals surface area contributed by atoms with Crippen molar-refractivity contribution < 1.29 is 4.84 Å². The van der Waals surface area contributed by atoms with Crippen molar-refractivity contribution in [3.8, 4) is 0 Å². The zero-order valence-electron chi connectivity index (χ0n) is 5.63. The number of hydroxylamine groups is 1. The van der Waals surface area contributed by atoms with Gasteiger partial charge in [0.2, 0.25) is 0 Å². The smallest absolute Gasteiger partial charge is 0.0999 e. The summed E-state index contributed by atoms with van der Waals surface area (Å²) in [6.07, 6.45) is 9.36. The van der Waals surface area contributed by atoms with E-state index in [4.69, 9.17) is 4.84 Å². The Hall–Kier alpha value is -1.02. The van der Waals surface area contributed by atoms with Crippen LogP contribution in [0.1, 0.15) is 6.42 Å². The summed E-state index contributed by atoms with van der Waals surface area (Å²) in [6.45, 7) is 0.691. The van der Waals surface area contributed by atoms with Crippen molar-refractivity contribution in [1.82, 2.24) is 5.48 Å². The van der Waals surface area contributed by atoms with Crippen LogP contribution in [-0.4, -0.2) is 6.61 Å². The Morgan fingerprint density at radius 3 is 3.40 bits per heavy atom. The molecule has 0 atom stereocenters. The van der Waals surface area contributed by atoms with E-state index in [0.717, 1.165) is 6.42 Å². The van der Waals surface area contributed by atoms with E-state index in [1.54, 1.807) is 0 Å². The zero-order chi connectivity index (χ0) is 6.81. The van der Waals surface area contributed by atoms with Crippen molar-refractivity contribution in [1.29, 1.82) is 0 Å². The van der Waals surface area contributed by atoms with Gasteiger partial charge in [0, 0.05) is 6.20 Å². The molecule has 0 fully saturated rings. The highest BCUT2D eigenvalue weighted by Crippen LogP contribution is 2.19. The number of rotatable bonds is 0. The van der Waals surface area contributed by atoms with Crippen molar-refractivity contribution in [2.24, 2.45) is 0 Å². The molecule has 0 saturated heterocycles. The molecule has 2 heteroatoms. The average Bonchev–Trinajstić information content (AvgIpc) is 2.05. The minimum absolute atomic E-state index is 0.691. The Kier molecular flexibility index (Phi) is 1.32. The van der Waals surface area contributed by atoms with Crippen LogP contribution in [0.15, 0.2) is 35.6 Å². The molecule has 0 aromatic carbocycles. The number of allylic oxidation sites excluding steroid dienone is 3. The molecule has 2 nitrogen and oxygen atoms in total. The van der Waals surface area contributed by atoms with Gasteiger partial charge in [-0.25, -0.2) is 0 Å². The standard InChI is InChI=1S/C8H9NO/c1-2-4-8-6-10-9-5-7(8)3-1/h1,3-5,9H,2,6H2. The molecule has 1 heterocycles. The maximum Gasteiger partial charge on any atom is 0.0999 e. The summed E-state index contributed by atoms with van der Waals surface area (Å²) in [5.74, 6) is 0. The summed E-state index contributed by atoms with van der Waals surface area (Å²) in [6, 6.07) is 0. The molecule has 2 rings (SSSR count). The fraction of sp³-hybridized carbons (Fsp3) is 0.250. The highest BCUT2D eigenvalue weighted by molar-refractivity contribution is 5.43. The normalized spacial score (nSPS) is 22.4. The number of nitrogens with one attached hydrogen (secondary N) is 1. The van der Waals surface area contributed by atoms with Gasteiger partial charge in [0.1, 0.15) is 0 Å². The van der Waals surface area contributed by atoms with Crippen molar-refractivity contribution in [3.05, 3.63) is 35.6 Å². The minimum atomic E-state index is 0.691. The van der Waals surface area contributed by atoms with E-state index in [1.807, 2.05) is 6.20 Å². The van der Waals surface area contributed by atoms with Crippen molar-refractivity contribution in [3.63, 3.8) is 0 Å². The maximum atomic E-state index is 5.01. The number of hydrogen-bond acceptors (Lipinski definition) is 2. The monoisotopic (exact) mass is 135 g/mol. The van der Waals surface area contributed by atoms with E-state index in [1.165, 1.54) is 11.1 Å². The molecule has 0 radical (unpaired) electrons. The predicted octanol–water partition coefficient (Wildman–Crippen LogP) is 1.29. The molecular formula is C8H9NO. The van der Waals surface area contributed by atoms with Gasteiger partial charge < -0.3 is 0 Å². The molecule has 1 aliphatic carbocycles. The maximum absolute atomic E-state index is 5.01. The molecule has 0 saturated carbocycles. The van der Waals surface area contributed by atoms with Crippen LogP contribution in [0.2, 0.25) is 0 Å². The van der Waals surface area contributed by atoms with Crippen LogP contribution >= 0.6 is 0 Å². The third-order valence-corrected chi connectivity index (χ3v) is 1.69. The molecular weight excluding hydrogens is 126 g/mol. The topological polar surface area (TPSA) is 21.3 Å². The summed E-state index contributed by atoms with van der Waals surface area (Å²) >= 11 is 0. The lowest BCUT2D eigenvalue weighted by Gasteiger charge is -2.17. The first-order valence-corrected chi connectivity index (χ1v) is 3.40. The SMILES string of the molecule is C1=CC2=CNOCC2=CC1. The van der Waals surface area contributed by atoms with Gasteiger partial charge >= 0.3 is 0 Å². The van der Waals surface area contributed by atoms with Crippen LogP contribution < -0.4 is 5.48 Å². The Balaban J connectivity index is 2.32. The Bertz CT molecular complexity index is 225. The molecule has 1 N–H and O–H groups in total. The highest BCUT2D eigenvalue weighted by atomic mass is 16.6. The van der Waals surface area contributed by atoms with Gasteiger partial charge in [0.05, 0.1) is 6.61 Å². The second-order valence-electron chi connectivity index (χ2n) is 2.37. The fourth-order valence-electron chi connectivity index (χ4n) is 1.14. The van der Waals surface area contributed by atoms with Gasteiger partial charge in [-0.1, -0.05) is 18.2 Å². The van der Waals surface area contributed by atoms with Crippen LogP contribution in [0.4, 0.5) is 0 Å². The molecule has 0 aromatic heterocycles. The molecule has 0 unspecified atom stereocenters. The summed E-state index contributed by atoms with van der Waals surface area (Å²) in [5.41, 5.74) is 5.27. The van der Waals surface area contributed by atoms with Crippen LogP contribution in [0.5, 0.6) is 0 Å². The molecule has 52 valence electrons. The number of hydrogen-bond donors (Lipinski definition) is 1. The van der Waals surface area contributed by atoms with Gasteiger partial charge in [-0.3, -0.25) is 10.3 Å². The Morgan fingerprint density at radius 2 is 2.50 bits per heavy atom. The van der Waals surface area contributed by atoms with Gasteiger partial charge in [-0.2, -0.15) is 0 Å². The molecule has 0 amide bonds. The van der Waals surface area contributed by atoms with E-state index >= 15 is 0 Å². The third kappa shape index (κ3) is 0.866. The van der Waals surface area contributed by atoms with E-state index in [9.17, 15) is 0 Å². The van der Waals surface area contributed by atoms with Crippen molar-refractivity contribution >= 4 is 0 Å². The third-order valence-electron chi connectivity index (χ3n) is 1.69. The molecule has 1 aliphatic heterocycles. The van der Waals surface area contributed by atoms with Gasteiger partial charge in [0.15, 0.2) is 0 Å².